The summed E-state index contributed by atoms with van der Waals surface area (Å²) in [6.45, 7) is 3.81. The van der Waals surface area contributed by atoms with Gasteiger partial charge in [0.2, 0.25) is 5.78 Å². The molecule has 0 amide bonds. The lowest BCUT2D eigenvalue weighted by Gasteiger charge is -2.14. The second kappa shape index (κ2) is 6.71. The van der Waals surface area contributed by atoms with Crippen molar-refractivity contribution in [1.82, 2.24) is 0 Å². The first-order valence-corrected chi connectivity index (χ1v) is 6.94. The van der Waals surface area contributed by atoms with E-state index in [4.69, 9.17) is 10.00 Å². The summed E-state index contributed by atoms with van der Waals surface area (Å²) < 4.78 is 5.63. The van der Waals surface area contributed by atoms with Gasteiger partial charge in [0.05, 0.1) is 11.6 Å². The Bertz CT molecular complexity index is 651. The summed E-state index contributed by atoms with van der Waals surface area (Å²) in [6.07, 6.45) is 0.386. The monoisotopic (exact) mass is 279 g/mol. The van der Waals surface area contributed by atoms with Crippen LogP contribution in [0.5, 0.6) is 5.75 Å². The minimum Gasteiger partial charge on any atom is -0.483 e. The summed E-state index contributed by atoms with van der Waals surface area (Å²) in [4.78, 5) is 12.3. The predicted molar refractivity (Wildman–Crippen MR) is 81.4 cm³/mol. The Morgan fingerprint density at radius 1 is 1.14 bits per heavy atom. The van der Waals surface area contributed by atoms with E-state index in [2.05, 4.69) is 6.92 Å². The maximum Gasteiger partial charge on any atom is 0.202 e. The van der Waals surface area contributed by atoms with Crippen molar-refractivity contribution >= 4 is 5.78 Å². The fourth-order valence-electron chi connectivity index (χ4n) is 2.01. The van der Waals surface area contributed by atoms with Crippen LogP contribution in [0.1, 0.15) is 35.3 Å². The first-order valence-electron chi connectivity index (χ1n) is 6.94. The number of aryl methyl sites for hydroxylation is 1. The molecule has 0 unspecified atom stereocenters. The van der Waals surface area contributed by atoms with Crippen LogP contribution in [0.4, 0.5) is 0 Å². The third kappa shape index (κ3) is 3.70. The number of hydrogen-bond donors (Lipinski definition) is 0. The minimum absolute atomic E-state index is 0.0537. The zero-order chi connectivity index (χ0) is 15.2. The van der Waals surface area contributed by atoms with Gasteiger partial charge in [0.25, 0.3) is 0 Å². The van der Waals surface area contributed by atoms with Crippen LogP contribution < -0.4 is 4.74 Å². The summed E-state index contributed by atoms with van der Waals surface area (Å²) in [5.41, 5.74) is 2.41. The number of rotatable bonds is 5. The highest BCUT2D eigenvalue weighted by molar-refractivity contribution is 5.99. The number of Topliss-reactive ketones (excluding diaryl/α,β-unsaturated/α-hetero) is 1. The Kier molecular flexibility index (Phi) is 4.73. The van der Waals surface area contributed by atoms with Gasteiger partial charge in [-0.1, -0.05) is 31.2 Å². The van der Waals surface area contributed by atoms with E-state index in [1.807, 2.05) is 30.3 Å². The lowest BCUT2D eigenvalue weighted by atomic mass is 10.0. The molecule has 106 valence electrons. The smallest absolute Gasteiger partial charge is 0.202 e. The van der Waals surface area contributed by atoms with Crippen LogP contribution in [0.15, 0.2) is 48.5 Å². The predicted octanol–water partition coefficient (Wildman–Crippen LogP) is 3.77. The molecule has 0 aromatic heterocycles. The average Bonchev–Trinajstić information content (AvgIpc) is 2.55. The van der Waals surface area contributed by atoms with Crippen molar-refractivity contribution in [2.24, 2.45) is 0 Å². The van der Waals surface area contributed by atoms with Gasteiger partial charge in [-0.25, -0.2) is 0 Å². The van der Waals surface area contributed by atoms with Crippen LogP contribution in [0, 0.1) is 11.3 Å². The second-order valence-corrected chi connectivity index (χ2v) is 4.81. The third-order valence-electron chi connectivity index (χ3n) is 3.31. The van der Waals surface area contributed by atoms with E-state index in [0.717, 1.165) is 6.42 Å². The van der Waals surface area contributed by atoms with Crippen molar-refractivity contribution in [3.05, 3.63) is 65.2 Å². The van der Waals surface area contributed by atoms with Crippen molar-refractivity contribution in [1.29, 1.82) is 5.26 Å². The molecule has 0 bridgehead atoms. The molecule has 0 aliphatic rings. The van der Waals surface area contributed by atoms with Crippen molar-refractivity contribution in [2.45, 2.75) is 26.4 Å². The minimum atomic E-state index is -0.564. The number of carbonyl (C=O) groups excluding carboxylic acids is 1. The standard InChI is InChI=1S/C18H17NO2/c1-3-14-4-8-16(9-5-14)18(20)13(2)21-17-10-6-15(12-19)7-11-17/h4-11,13H,3H2,1-2H3/t13-/m1/s1. The lowest BCUT2D eigenvalue weighted by Crippen LogP contribution is -2.23. The van der Waals surface area contributed by atoms with Crippen LogP contribution in [0.2, 0.25) is 0 Å². The highest BCUT2D eigenvalue weighted by Gasteiger charge is 2.16. The van der Waals surface area contributed by atoms with Crippen molar-refractivity contribution in [3.8, 4) is 11.8 Å². The normalized spacial score (nSPS) is 11.5. The van der Waals surface area contributed by atoms with Crippen molar-refractivity contribution in [3.63, 3.8) is 0 Å². The Morgan fingerprint density at radius 2 is 1.76 bits per heavy atom. The number of hydrogen-bond acceptors (Lipinski definition) is 3. The molecule has 21 heavy (non-hydrogen) atoms. The van der Waals surface area contributed by atoms with Crippen molar-refractivity contribution < 1.29 is 9.53 Å². The van der Waals surface area contributed by atoms with Crippen molar-refractivity contribution in [2.75, 3.05) is 0 Å². The van der Waals surface area contributed by atoms with E-state index >= 15 is 0 Å². The highest BCUT2D eigenvalue weighted by atomic mass is 16.5. The van der Waals surface area contributed by atoms with Crippen LogP contribution >= 0.6 is 0 Å². The maximum absolute atomic E-state index is 12.3. The molecule has 2 aromatic rings. The Hall–Kier alpha value is -2.60. The number of benzene rings is 2. The Morgan fingerprint density at radius 3 is 2.29 bits per heavy atom. The average molecular weight is 279 g/mol. The van der Waals surface area contributed by atoms with Crippen LogP contribution in [-0.2, 0) is 6.42 Å². The number of ketones is 1. The van der Waals surface area contributed by atoms with E-state index in [1.54, 1.807) is 31.2 Å². The quantitative estimate of drug-likeness (QED) is 0.783. The van der Waals surface area contributed by atoms with E-state index in [9.17, 15) is 4.79 Å². The maximum atomic E-state index is 12.3. The number of nitrogens with zero attached hydrogens (tertiary/aromatic N) is 1. The summed E-state index contributed by atoms with van der Waals surface area (Å²) in [6, 6.07) is 16.4. The van der Waals surface area contributed by atoms with E-state index in [0.29, 0.717) is 16.9 Å². The molecule has 0 spiro atoms. The molecule has 2 aromatic carbocycles. The first kappa shape index (κ1) is 14.8. The number of carbonyl (C=O) groups is 1. The van der Waals surface area contributed by atoms with Gasteiger partial charge in [0.1, 0.15) is 5.75 Å². The molecular formula is C18H17NO2. The molecule has 1 atom stereocenters. The van der Waals surface area contributed by atoms with Crippen LogP contribution in [0.3, 0.4) is 0 Å². The summed E-state index contributed by atoms with van der Waals surface area (Å²) in [5.74, 6) is 0.530. The molecule has 0 saturated heterocycles. The van der Waals surface area contributed by atoms with E-state index in [1.165, 1.54) is 5.56 Å². The molecular weight excluding hydrogens is 262 g/mol. The SMILES string of the molecule is CCc1ccc(C(=O)[C@@H](C)Oc2ccc(C#N)cc2)cc1. The second-order valence-electron chi connectivity index (χ2n) is 4.81. The summed E-state index contributed by atoms with van der Waals surface area (Å²) in [7, 11) is 0. The van der Waals surface area contributed by atoms with Gasteiger partial charge in [-0.3, -0.25) is 4.79 Å². The van der Waals surface area contributed by atoms with Gasteiger partial charge < -0.3 is 4.74 Å². The largest absolute Gasteiger partial charge is 0.483 e. The Labute approximate surface area is 124 Å². The first-order chi connectivity index (χ1) is 10.1. The van der Waals surface area contributed by atoms with Gasteiger partial charge in [0, 0.05) is 5.56 Å². The molecule has 3 nitrogen and oxygen atoms in total. The van der Waals surface area contributed by atoms with Crippen LogP contribution in [0.25, 0.3) is 0 Å². The molecule has 0 saturated carbocycles. The molecule has 0 aliphatic heterocycles. The molecule has 0 N–H and O–H groups in total. The molecule has 0 heterocycles. The van der Waals surface area contributed by atoms with E-state index in [-0.39, 0.29) is 5.78 Å². The zero-order valence-electron chi connectivity index (χ0n) is 12.2. The van der Waals surface area contributed by atoms with Gasteiger partial charge in [-0.05, 0) is 43.2 Å². The van der Waals surface area contributed by atoms with Gasteiger partial charge in [0.15, 0.2) is 6.10 Å². The Balaban J connectivity index is 2.05. The number of nitriles is 1. The van der Waals surface area contributed by atoms with Crippen LogP contribution in [-0.4, -0.2) is 11.9 Å². The van der Waals surface area contributed by atoms with Gasteiger partial charge in [-0.15, -0.1) is 0 Å². The topological polar surface area (TPSA) is 50.1 Å². The summed E-state index contributed by atoms with van der Waals surface area (Å²) >= 11 is 0. The highest BCUT2D eigenvalue weighted by Crippen LogP contribution is 2.16. The number of ether oxygens (including phenoxy) is 1. The fraction of sp³-hybridized carbons (Fsp3) is 0.222. The third-order valence-corrected chi connectivity index (χ3v) is 3.31. The molecule has 0 radical (unpaired) electrons. The molecule has 2 rings (SSSR count). The lowest BCUT2D eigenvalue weighted by molar-refractivity contribution is 0.0818. The zero-order valence-corrected chi connectivity index (χ0v) is 12.2. The van der Waals surface area contributed by atoms with Gasteiger partial charge >= 0.3 is 0 Å². The molecule has 0 aliphatic carbocycles. The van der Waals surface area contributed by atoms with Gasteiger partial charge in [-0.2, -0.15) is 5.26 Å². The fourth-order valence-corrected chi connectivity index (χ4v) is 2.01. The molecule has 0 fully saturated rings. The summed E-state index contributed by atoms with van der Waals surface area (Å²) in [5, 5.41) is 8.75. The van der Waals surface area contributed by atoms with E-state index < -0.39 is 6.10 Å². The molecule has 3 heteroatoms.